The Morgan fingerprint density at radius 2 is 2.00 bits per heavy atom. The Balaban J connectivity index is 2.32. The molecule has 0 unspecified atom stereocenters. The van der Waals surface area contributed by atoms with Gasteiger partial charge in [0.25, 0.3) is 0 Å². The van der Waals surface area contributed by atoms with Gasteiger partial charge in [0.1, 0.15) is 5.75 Å². The number of carbonyl (C=O) groups is 1. The highest BCUT2D eigenvalue weighted by Crippen LogP contribution is 2.12. The summed E-state index contributed by atoms with van der Waals surface area (Å²) in [4.78, 5) is 11.4. The van der Waals surface area contributed by atoms with E-state index in [1.807, 2.05) is 31.3 Å². The molecular weight excluding hydrogens is 228 g/mol. The van der Waals surface area contributed by atoms with Gasteiger partial charge in [-0.3, -0.25) is 4.79 Å². The molecule has 0 aromatic heterocycles. The molecule has 0 saturated heterocycles. The summed E-state index contributed by atoms with van der Waals surface area (Å²) in [6.45, 7) is 4.08. The van der Waals surface area contributed by atoms with Gasteiger partial charge in [-0.2, -0.15) is 0 Å². The SMILES string of the molecule is CCCOc1ccc(CNC(=O)CCNC)cc1. The summed E-state index contributed by atoms with van der Waals surface area (Å²) < 4.78 is 5.49. The van der Waals surface area contributed by atoms with Gasteiger partial charge in [0.05, 0.1) is 6.61 Å². The van der Waals surface area contributed by atoms with Crippen molar-refractivity contribution in [3.8, 4) is 5.75 Å². The minimum Gasteiger partial charge on any atom is -0.494 e. The molecule has 4 heteroatoms. The Labute approximate surface area is 109 Å². The lowest BCUT2D eigenvalue weighted by atomic mass is 10.2. The number of hydrogen-bond acceptors (Lipinski definition) is 3. The van der Waals surface area contributed by atoms with E-state index in [0.717, 1.165) is 24.3 Å². The van der Waals surface area contributed by atoms with Crippen LogP contribution in [0.15, 0.2) is 24.3 Å². The number of benzene rings is 1. The van der Waals surface area contributed by atoms with E-state index in [4.69, 9.17) is 4.74 Å². The average molecular weight is 250 g/mol. The average Bonchev–Trinajstić information content (AvgIpc) is 2.41. The highest BCUT2D eigenvalue weighted by Gasteiger charge is 2.00. The molecule has 1 amide bonds. The van der Waals surface area contributed by atoms with Crippen LogP contribution >= 0.6 is 0 Å². The maximum absolute atomic E-state index is 11.4. The molecular formula is C14H22N2O2. The van der Waals surface area contributed by atoms with Crippen LogP contribution in [-0.2, 0) is 11.3 Å². The summed E-state index contributed by atoms with van der Waals surface area (Å²) in [6.07, 6.45) is 1.51. The zero-order valence-corrected chi connectivity index (χ0v) is 11.2. The van der Waals surface area contributed by atoms with Crippen molar-refractivity contribution in [2.24, 2.45) is 0 Å². The topological polar surface area (TPSA) is 50.4 Å². The third kappa shape index (κ3) is 5.68. The summed E-state index contributed by atoms with van der Waals surface area (Å²) in [6, 6.07) is 7.82. The number of hydrogen-bond donors (Lipinski definition) is 2. The van der Waals surface area contributed by atoms with Gasteiger partial charge in [-0.1, -0.05) is 19.1 Å². The molecule has 0 aliphatic carbocycles. The number of nitrogens with one attached hydrogen (secondary N) is 2. The van der Waals surface area contributed by atoms with E-state index in [2.05, 4.69) is 17.6 Å². The first-order valence-electron chi connectivity index (χ1n) is 6.39. The number of carbonyl (C=O) groups excluding carboxylic acids is 1. The molecule has 1 aromatic rings. The maximum atomic E-state index is 11.4. The maximum Gasteiger partial charge on any atom is 0.221 e. The summed E-state index contributed by atoms with van der Waals surface area (Å²) in [7, 11) is 1.84. The predicted molar refractivity (Wildman–Crippen MR) is 72.6 cm³/mol. The molecule has 1 rings (SSSR count). The van der Waals surface area contributed by atoms with Gasteiger partial charge in [0.2, 0.25) is 5.91 Å². The fourth-order valence-corrected chi connectivity index (χ4v) is 1.45. The lowest BCUT2D eigenvalue weighted by Crippen LogP contribution is -2.26. The molecule has 1 aromatic carbocycles. The van der Waals surface area contributed by atoms with Gasteiger partial charge in [-0.15, -0.1) is 0 Å². The first-order valence-corrected chi connectivity index (χ1v) is 6.39. The van der Waals surface area contributed by atoms with Gasteiger partial charge < -0.3 is 15.4 Å². The Morgan fingerprint density at radius 1 is 1.28 bits per heavy atom. The molecule has 0 aliphatic rings. The summed E-state index contributed by atoms with van der Waals surface area (Å²) in [5.41, 5.74) is 1.08. The second-order valence-electron chi connectivity index (χ2n) is 4.12. The second-order valence-corrected chi connectivity index (χ2v) is 4.12. The van der Waals surface area contributed by atoms with Crippen LogP contribution in [0.5, 0.6) is 5.75 Å². The van der Waals surface area contributed by atoms with E-state index in [1.165, 1.54) is 0 Å². The zero-order chi connectivity index (χ0) is 13.2. The molecule has 0 atom stereocenters. The fraction of sp³-hybridized carbons (Fsp3) is 0.500. The number of rotatable bonds is 8. The molecule has 2 N–H and O–H groups in total. The summed E-state index contributed by atoms with van der Waals surface area (Å²) in [5.74, 6) is 0.942. The molecule has 0 heterocycles. The molecule has 0 radical (unpaired) electrons. The molecule has 0 saturated carbocycles. The first-order chi connectivity index (χ1) is 8.76. The van der Waals surface area contributed by atoms with Crippen LogP contribution in [0.3, 0.4) is 0 Å². The van der Waals surface area contributed by atoms with Crippen LogP contribution in [-0.4, -0.2) is 26.1 Å². The normalized spacial score (nSPS) is 10.1. The van der Waals surface area contributed by atoms with Crippen LogP contribution in [0, 0.1) is 0 Å². The van der Waals surface area contributed by atoms with Crippen molar-refractivity contribution in [1.82, 2.24) is 10.6 Å². The van der Waals surface area contributed by atoms with Crippen molar-refractivity contribution < 1.29 is 9.53 Å². The molecule has 0 bridgehead atoms. The van der Waals surface area contributed by atoms with E-state index in [0.29, 0.717) is 19.5 Å². The standard InChI is InChI=1S/C14H22N2O2/c1-3-10-18-13-6-4-12(5-7-13)11-16-14(17)8-9-15-2/h4-7,15H,3,8-11H2,1-2H3,(H,16,17). The van der Waals surface area contributed by atoms with E-state index >= 15 is 0 Å². The quantitative estimate of drug-likeness (QED) is 0.738. The molecule has 0 fully saturated rings. The number of ether oxygens (including phenoxy) is 1. The second kappa shape index (κ2) is 8.53. The minimum absolute atomic E-state index is 0.0654. The van der Waals surface area contributed by atoms with Gasteiger partial charge in [-0.05, 0) is 31.2 Å². The third-order valence-corrected chi connectivity index (χ3v) is 2.49. The van der Waals surface area contributed by atoms with E-state index in [1.54, 1.807) is 0 Å². The number of amides is 1. The molecule has 0 spiro atoms. The van der Waals surface area contributed by atoms with E-state index in [9.17, 15) is 4.79 Å². The lowest BCUT2D eigenvalue weighted by Gasteiger charge is -2.07. The molecule has 18 heavy (non-hydrogen) atoms. The Kier molecular flexibility index (Phi) is 6.87. The van der Waals surface area contributed by atoms with Crippen molar-refractivity contribution >= 4 is 5.91 Å². The lowest BCUT2D eigenvalue weighted by molar-refractivity contribution is -0.121. The van der Waals surface area contributed by atoms with Crippen LogP contribution in [0.2, 0.25) is 0 Å². The van der Waals surface area contributed by atoms with Crippen molar-refractivity contribution in [3.63, 3.8) is 0 Å². The highest BCUT2D eigenvalue weighted by molar-refractivity contribution is 5.76. The van der Waals surface area contributed by atoms with E-state index in [-0.39, 0.29) is 5.91 Å². The summed E-state index contributed by atoms with van der Waals surface area (Å²) in [5, 5.41) is 5.82. The Morgan fingerprint density at radius 3 is 2.61 bits per heavy atom. The highest BCUT2D eigenvalue weighted by atomic mass is 16.5. The fourth-order valence-electron chi connectivity index (χ4n) is 1.45. The molecule has 4 nitrogen and oxygen atoms in total. The zero-order valence-electron chi connectivity index (χ0n) is 11.2. The Bertz CT molecular complexity index is 349. The first kappa shape index (κ1) is 14.5. The van der Waals surface area contributed by atoms with Crippen LogP contribution < -0.4 is 15.4 Å². The van der Waals surface area contributed by atoms with Crippen LogP contribution in [0.25, 0.3) is 0 Å². The van der Waals surface area contributed by atoms with Gasteiger partial charge in [0, 0.05) is 19.5 Å². The minimum atomic E-state index is 0.0654. The van der Waals surface area contributed by atoms with Crippen molar-refractivity contribution in [3.05, 3.63) is 29.8 Å². The van der Waals surface area contributed by atoms with Crippen molar-refractivity contribution in [2.75, 3.05) is 20.2 Å². The largest absolute Gasteiger partial charge is 0.494 e. The van der Waals surface area contributed by atoms with Crippen molar-refractivity contribution in [2.45, 2.75) is 26.3 Å². The van der Waals surface area contributed by atoms with Gasteiger partial charge in [-0.25, -0.2) is 0 Å². The van der Waals surface area contributed by atoms with E-state index < -0.39 is 0 Å². The predicted octanol–water partition coefficient (Wildman–Crippen LogP) is 1.70. The van der Waals surface area contributed by atoms with Gasteiger partial charge in [0.15, 0.2) is 0 Å². The van der Waals surface area contributed by atoms with Gasteiger partial charge >= 0.3 is 0 Å². The summed E-state index contributed by atoms with van der Waals surface area (Å²) >= 11 is 0. The molecule has 0 aliphatic heterocycles. The smallest absolute Gasteiger partial charge is 0.221 e. The van der Waals surface area contributed by atoms with Crippen molar-refractivity contribution in [1.29, 1.82) is 0 Å². The van der Waals surface area contributed by atoms with Crippen LogP contribution in [0.4, 0.5) is 0 Å². The molecule has 100 valence electrons. The Hall–Kier alpha value is -1.55. The third-order valence-electron chi connectivity index (χ3n) is 2.49. The monoisotopic (exact) mass is 250 g/mol. The van der Waals surface area contributed by atoms with Crippen LogP contribution in [0.1, 0.15) is 25.3 Å².